The van der Waals surface area contributed by atoms with Crippen LogP contribution in [0.3, 0.4) is 0 Å². The first-order valence-electron chi connectivity index (χ1n) is 6.52. The Balaban J connectivity index is 2.24. The van der Waals surface area contributed by atoms with Crippen LogP contribution < -0.4 is 10.0 Å². The molecule has 0 aliphatic heterocycles. The molecule has 5 nitrogen and oxygen atoms in total. The van der Waals surface area contributed by atoms with E-state index in [1.54, 1.807) is 24.3 Å². The monoisotopic (exact) mass is 392 g/mol. The Morgan fingerprint density at radius 1 is 1.17 bits per heavy atom. The largest absolute Gasteiger partial charge is 0.341 e. The fraction of sp³-hybridized carbons (Fsp3) is 0.0625. The van der Waals surface area contributed by atoms with Gasteiger partial charge in [-0.1, -0.05) is 27.9 Å². The van der Waals surface area contributed by atoms with Gasteiger partial charge in [0.05, 0.1) is 11.4 Å². The summed E-state index contributed by atoms with van der Waals surface area (Å²) in [5.41, 5.74) is 0.648. The van der Waals surface area contributed by atoms with Gasteiger partial charge in [0, 0.05) is 15.7 Å². The molecule has 2 N–H and O–H groups in total. The SMILES string of the molecule is C#CCNC(=O)c1cccc(S(=O)(=O)Nc2ccc(Br)cc2)c1. The van der Waals surface area contributed by atoms with Gasteiger partial charge in [0.1, 0.15) is 0 Å². The van der Waals surface area contributed by atoms with Gasteiger partial charge in [-0.25, -0.2) is 8.42 Å². The van der Waals surface area contributed by atoms with Gasteiger partial charge in [-0.3, -0.25) is 9.52 Å². The van der Waals surface area contributed by atoms with Gasteiger partial charge in [-0.15, -0.1) is 6.42 Å². The summed E-state index contributed by atoms with van der Waals surface area (Å²) in [6, 6.07) is 12.4. The van der Waals surface area contributed by atoms with Crippen molar-refractivity contribution in [3.8, 4) is 12.3 Å². The fourth-order valence-electron chi connectivity index (χ4n) is 1.77. The summed E-state index contributed by atoms with van der Waals surface area (Å²) < 4.78 is 28.1. The highest BCUT2D eigenvalue weighted by molar-refractivity contribution is 9.10. The molecular formula is C16H13BrN2O3S. The lowest BCUT2D eigenvalue weighted by atomic mass is 10.2. The highest BCUT2D eigenvalue weighted by Gasteiger charge is 2.16. The standard InChI is InChI=1S/C16H13BrN2O3S/c1-2-10-18-16(20)12-4-3-5-15(11-12)23(21,22)19-14-8-6-13(17)7-9-14/h1,3-9,11,19H,10H2,(H,18,20). The Kier molecular flexibility index (Phi) is 5.42. The van der Waals surface area contributed by atoms with E-state index in [0.29, 0.717) is 5.69 Å². The van der Waals surface area contributed by atoms with Crippen LogP contribution in [0, 0.1) is 12.3 Å². The highest BCUT2D eigenvalue weighted by Crippen LogP contribution is 2.19. The van der Waals surface area contributed by atoms with E-state index < -0.39 is 15.9 Å². The summed E-state index contributed by atoms with van der Waals surface area (Å²) in [5.74, 6) is 1.86. The van der Waals surface area contributed by atoms with Crippen LogP contribution in [-0.4, -0.2) is 20.9 Å². The lowest BCUT2D eigenvalue weighted by Crippen LogP contribution is -2.24. The highest BCUT2D eigenvalue weighted by atomic mass is 79.9. The Labute approximate surface area is 143 Å². The lowest BCUT2D eigenvalue weighted by molar-refractivity contribution is 0.0958. The van der Waals surface area contributed by atoms with Crippen molar-refractivity contribution in [1.29, 1.82) is 0 Å². The first kappa shape index (κ1) is 17.1. The molecule has 2 rings (SSSR count). The Morgan fingerprint density at radius 3 is 2.52 bits per heavy atom. The minimum absolute atomic E-state index is 0.00576. The molecule has 23 heavy (non-hydrogen) atoms. The first-order chi connectivity index (χ1) is 10.9. The predicted octanol–water partition coefficient (Wildman–Crippen LogP) is 2.61. The maximum atomic E-state index is 12.4. The molecule has 0 saturated carbocycles. The Hall–Kier alpha value is -2.30. The van der Waals surface area contributed by atoms with E-state index in [-0.39, 0.29) is 17.0 Å². The van der Waals surface area contributed by atoms with Crippen LogP contribution in [0.2, 0.25) is 0 Å². The maximum Gasteiger partial charge on any atom is 0.261 e. The number of rotatable bonds is 5. The van der Waals surface area contributed by atoms with E-state index in [2.05, 4.69) is 31.9 Å². The summed E-state index contributed by atoms with van der Waals surface area (Å²) in [6.07, 6.45) is 5.08. The van der Waals surface area contributed by atoms with Crippen molar-refractivity contribution in [2.45, 2.75) is 4.90 Å². The van der Waals surface area contributed by atoms with Crippen LogP contribution in [0.1, 0.15) is 10.4 Å². The van der Waals surface area contributed by atoms with E-state index >= 15 is 0 Å². The fourth-order valence-corrected chi connectivity index (χ4v) is 3.14. The normalized spacial score (nSPS) is 10.6. The number of hydrogen-bond acceptors (Lipinski definition) is 3. The van der Waals surface area contributed by atoms with Crippen molar-refractivity contribution in [3.05, 3.63) is 58.6 Å². The van der Waals surface area contributed by atoms with E-state index in [4.69, 9.17) is 6.42 Å². The second kappa shape index (κ2) is 7.31. The van der Waals surface area contributed by atoms with E-state index in [1.165, 1.54) is 24.3 Å². The van der Waals surface area contributed by atoms with Crippen LogP contribution in [0.25, 0.3) is 0 Å². The first-order valence-corrected chi connectivity index (χ1v) is 8.80. The zero-order chi connectivity index (χ0) is 16.9. The molecule has 1 amide bonds. The molecule has 0 bridgehead atoms. The molecular weight excluding hydrogens is 380 g/mol. The average molecular weight is 393 g/mol. The predicted molar refractivity (Wildman–Crippen MR) is 92.6 cm³/mol. The van der Waals surface area contributed by atoms with Crippen molar-refractivity contribution >= 4 is 37.5 Å². The smallest absolute Gasteiger partial charge is 0.261 e. The molecule has 118 valence electrons. The third-order valence-corrected chi connectivity index (χ3v) is 4.76. The second-order valence-corrected chi connectivity index (χ2v) is 7.13. The number of amides is 1. The molecule has 0 spiro atoms. The van der Waals surface area contributed by atoms with Gasteiger partial charge in [-0.2, -0.15) is 0 Å². The molecule has 0 fully saturated rings. The zero-order valence-corrected chi connectivity index (χ0v) is 14.3. The zero-order valence-electron chi connectivity index (χ0n) is 11.9. The van der Waals surface area contributed by atoms with Gasteiger partial charge in [0.15, 0.2) is 0 Å². The molecule has 2 aromatic rings. The number of carbonyl (C=O) groups excluding carboxylic acids is 1. The van der Waals surface area contributed by atoms with Crippen molar-refractivity contribution in [2.75, 3.05) is 11.3 Å². The molecule has 2 aromatic carbocycles. The molecule has 0 aliphatic carbocycles. The molecule has 0 unspecified atom stereocenters. The Morgan fingerprint density at radius 2 is 1.87 bits per heavy atom. The van der Waals surface area contributed by atoms with Crippen LogP contribution in [0.5, 0.6) is 0 Å². The van der Waals surface area contributed by atoms with Crippen LogP contribution in [0.15, 0.2) is 57.9 Å². The minimum atomic E-state index is -3.79. The van der Waals surface area contributed by atoms with Crippen molar-refractivity contribution in [3.63, 3.8) is 0 Å². The number of sulfonamides is 1. The van der Waals surface area contributed by atoms with Gasteiger partial charge in [0.25, 0.3) is 15.9 Å². The van der Waals surface area contributed by atoms with Gasteiger partial charge in [-0.05, 0) is 42.5 Å². The van der Waals surface area contributed by atoms with E-state index in [1.807, 2.05) is 0 Å². The summed E-state index contributed by atoms with van der Waals surface area (Å²) in [6.45, 7) is 0.0763. The summed E-state index contributed by atoms with van der Waals surface area (Å²) in [4.78, 5) is 11.8. The number of nitrogens with one attached hydrogen (secondary N) is 2. The molecule has 0 heterocycles. The van der Waals surface area contributed by atoms with Crippen molar-refractivity contribution in [2.24, 2.45) is 0 Å². The van der Waals surface area contributed by atoms with E-state index in [9.17, 15) is 13.2 Å². The lowest BCUT2D eigenvalue weighted by Gasteiger charge is -2.09. The van der Waals surface area contributed by atoms with Gasteiger partial charge < -0.3 is 5.32 Å². The maximum absolute atomic E-state index is 12.4. The molecule has 0 aliphatic rings. The van der Waals surface area contributed by atoms with Crippen LogP contribution in [0.4, 0.5) is 5.69 Å². The second-order valence-electron chi connectivity index (χ2n) is 4.53. The Bertz CT molecular complexity index is 856. The van der Waals surface area contributed by atoms with Gasteiger partial charge in [0.2, 0.25) is 0 Å². The summed E-state index contributed by atoms with van der Waals surface area (Å²) >= 11 is 3.28. The van der Waals surface area contributed by atoms with Crippen molar-refractivity contribution < 1.29 is 13.2 Å². The minimum Gasteiger partial charge on any atom is -0.341 e. The topological polar surface area (TPSA) is 75.3 Å². The third kappa shape index (κ3) is 4.58. The number of benzene rings is 2. The van der Waals surface area contributed by atoms with Crippen LogP contribution in [-0.2, 0) is 10.0 Å². The van der Waals surface area contributed by atoms with E-state index in [0.717, 1.165) is 4.47 Å². The molecule has 0 radical (unpaired) electrons. The molecule has 0 atom stereocenters. The number of terminal acetylenes is 1. The van der Waals surface area contributed by atoms with Crippen LogP contribution >= 0.6 is 15.9 Å². The molecule has 7 heteroatoms. The molecule has 0 saturated heterocycles. The number of carbonyl (C=O) groups is 1. The van der Waals surface area contributed by atoms with Gasteiger partial charge >= 0.3 is 0 Å². The third-order valence-electron chi connectivity index (χ3n) is 2.85. The quantitative estimate of drug-likeness (QED) is 0.767. The summed E-state index contributed by atoms with van der Waals surface area (Å²) in [7, 11) is -3.79. The number of halogens is 1. The number of anilines is 1. The number of hydrogen-bond donors (Lipinski definition) is 2. The molecule has 0 aromatic heterocycles. The summed E-state index contributed by atoms with van der Waals surface area (Å²) in [5, 5.41) is 2.49. The van der Waals surface area contributed by atoms with Crippen molar-refractivity contribution in [1.82, 2.24) is 5.32 Å². The average Bonchev–Trinajstić information content (AvgIpc) is 2.54.